The van der Waals surface area contributed by atoms with Crippen LogP contribution in [0.3, 0.4) is 0 Å². The Balaban J connectivity index is 2.71. The summed E-state index contributed by atoms with van der Waals surface area (Å²) in [5.74, 6) is 0.509. The smallest absolute Gasteiger partial charge is 0.253 e. The van der Waals surface area contributed by atoms with Gasteiger partial charge < -0.3 is 16.0 Å². The summed E-state index contributed by atoms with van der Waals surface area (Å²) in [4.78, 5) is 25.2. The molecule has 20 heavy (non-hydrogen) atoms. The number of hydrogen-bond acceptors (Lipinski definition) is 4. The van der Waals surface area contributed by atoms with Gasteiger partial charge in [0.1, 0.15) is 0 Å². The van der Waals surface area contributed by atoms with Crippen molar-refractivity contribution in [2.45, 2.75) is 12.5 Å². The molecule has 0 saturated heterocycles. The van der Waals surface area contributed by atoms with Crippen LogP contribution in [0.5, 0.6) is 0 Å². The van der Waals surface area contributed by atoms with Gasteiger partial charge in [0.15, 0.2) is 0 Å². The molecule has 0 unspecified atom stereocenters. The van der Waals surface area contributed by atoms with Crippen molar-refractivity contribution >= 4 is 29.3 Å². The molecule has 0 bridgehead atoms. The molecule has 6 heteroatoms. The molecule has 3 N–H and O–H groups in total. The Kier molecular flexibility index (Phi) is 6.54. The molecule has 2 amide bonds. The van der Waals surface area contributed by atoms with Crippen molar-refractivity contribution in [3.63, 3.8) is 0 Å². The Morgan fingerprint density at radius 3 is 2.70 bits per heavy atom. The molecular weight excluding hydrogens is 274 g/mol. The molecule has 0 aliphatic carbocycles. The first kappa shape index (κ1) is 16.5. The number of carbonyl (C=O) groups excluding carboxylic acids is 2. The minimum atomic E-state index is -0.532. The van der Waals surface area contributed by atoms with E-state index in [0.717, 1.165) is 5.75 Å². The number of amides is 2. The molecule has 0 saturated carbocycles. The molecule has 0 aromatic heterocycles. The lowest BCUT2D eigenvalue weighted by molar-refractivity contribution is -0.117. The maximum absolute atomic E-state index is 11.9. The van der Waals surface area contributed by atoms with Crippen LogP contribution in [0.25, 0.3) is 0 Å². The van der Waals surface area contributed by atoms with Crippen molar-refractivity contribution in [1.82, 2.24) is 4.90 Å². The zero-order chi connectivity index (χ0) is 15.1. The van der Waals surface area contributed by atoms with Gasteiger partial charge in [-0.3, -0.25) is 9.59 Å². The molecule has 0 heterocycles. The van der Waals surface area contributed by atoms with Crippen LogP contribution in [-0.2, 0) is 4.79 Å². The first-order chi connectivity index (χ1) is 9.45. The highest BCUT2D eigenvalue weighted by Crippen LogP contribution is 2.12. The normalized spacial score (nSPS) is 11.8. The van der Waals surface area contributed by atoms with E-state index in [1.165, 1.54) is 4.90 Å². The number of anilines is 1. The van der Waals surface area contributed by atoms with E-state index in [4.69, 9.17) is 5.73 Å². The van der Waals surface area contributed by atoms with Crippen LogP contribution in [0.2, 0.25) is 0 Å². The minimum absolute atomic E-state index is 0.104. The summed E-state index contributed by atoms with van der Waals surface area (Å²) in [6, 6.07) is 6.31. The Morgan fingerprint density at radius 1 is 1.40 bits per heavy atom. The number of benzene rings is 1. The number of thioether (sulfide) groups is 1. The maximum atomic E-state index is 11.9. The van der Waals surface area contributed by atoms with Crippen LogP contribution >= 0.6 is 11.8 Å². The van der Waals surface area contributed by atoms with Gasteiger partial charge in [0.05, 0.1) is 6.04 Å². The zero-order valence-corrected chi connectivity index (χ0v) is 12.9. The maximum Gasteiger partial charge on any atom is 0.253 e. The van der Waals surface area contributed by atoms with Crippen LogP contribution in [-0.4, -0.2) is 48.9 Å². The van der Waals surface area contributed by atoms with Gasteiger partial charge in [-0.25, -0.2) is 0 Å². The van der Waals surface area contributed by atoms with Crippen molar-refractivity contribution in [1.29, 1.82) is 0 Å². The first-order valence-corrected chi connectivity index (χ1v) is 7.72. The minimum Gasteiger partial charge on any atom is -0.345 e. The summed E-state index contributed by atoms with van der Waals surface area (Å²) in [6.45, 7) is 0. The molecule has 5 nitrogen and oxygen atoms in total. The Hall–Kier alpha value is -1.53. The highest BCUT2D eigenvalue weighted by atomic mass is 32.2. The van der Waals surface area contributed by atoms with Crippen molar-refractivity contribution in [2.75, 3.05) is 31.4 Å². The van der Waals surface area contributed by atoms with Crippen LogP contribution in [0, 0.1) is 0 Å². The Morgan fingerprint density at radius 2 is 2.10 bits per heavy atom. The van der Waals surface area contributed by atoms with E-state index in [0.29, 0.717) is 17.7 Å². The van der Waals surface area contributed by atoms with E-state index >= 15 is 0 Å². The van der Waals surface area contributed by atoms with Gasteiger partial charge in [-0.15, -0.1) is 0 Å². The molecular formula is C14H21N3O2S. The fourth-order valence-corrected chi connectivity index (χ4v) is 2.09. The Bertz CT molecular complexity index is 477. The number of rotatable bonds is 6. The lowest BCUT2D eigenvalue weighted by atomic mass is 10.1. The number of nitrogens with one attached hydrogen (secondary N) is 1. The van der Waals surface area contributed by atoms with E-state index in [9.17, 15) is 9.59 Å². The molecule has 0 aliphatic heterocycles. The summed E-state index contributed by atoms with van der Waals surface area (Å²) < 4.78 is 0. The van der Waals surface area contributed by atoms with Gasteiger partial charge in [0.2, 0.25) is 5.91 Å². The summed E-state index contributed by atoms with van der Waals surface area (Å²) in [6.07, 6.45) is 2.60. The highest BCUT2D eigenvalue weighted by Gasteiger charge is 2.14. The van der Waals surface area contributed by atoms with E-state index < -0.39 is 6.04 Å². The van der Waals surface area contributed by atoms with E-state index in [1.54, 1.807) is 50.1 Å². The van der Waals surface area contributed by atoms with Gasteiger partial charge in [-0.05, 0) is 36.6 Å². The predicted molar refractivity (Wildman–Crippen MR) is 84.1 cm³/mol. The van der Waals surface area contributed by atoms with Gasteiger partial charge in [0.25, 0.3) is 5.91 Å². The van der Waals surface area contributed by atoms with Gasteiger partial charge in [-0.1, -0.05) is 6.07 Å². The van der Waals surface area contributed by atoms with E-state index in [2.05, 4.69) is 5.32 Å². The third kappa shape index (κ3) is 4.86. The summed E-state index contributed by atoms with van der Waals surface area (Å²) in [5.41, 5.74) is 6.91. The first-order valence-electron chi connectivity index (χ1n) is 6.32. The van der Waals surface area contributed by atoms with Crippen LogP contribution < -0.4 is 11.1 Å². The quantitative estimate of drug-likeness (QED) is 0.832. The molecule has 0 spiro atoms. The molecule has 0 radical (unpaired) electrons. The number of nitrogens with zero attached hydrogens (tertiary/aromatic N) is 1. The SMILES string of the molecule is CSCC[C@H](N)C(=O)Nc1cccc(C(=O)N(C)C)c1. The molecule has 0 fully saturated rings. The van der Waals surface area contributed by atoms with Gasteiger partial charge >= 0.3 is 0 Å². The zero-order valence-electron chi connectivity index (χ0n) is 12.1. The lowest BCUT2D eigenvalue weighted by Crippen LogP contribution is -2.36. The standard InChI is InChI=1S/C14H21N3O2S/c1-17(2)14(19)10-5-4-6-11(9-10)16-13(18)12(15)7-8-20-3/h4-6,9,12H,7-8,15H2,1-3H3,(H,16,18)/t12-/m0/s1. The molecule has 1 aromatic rings. The highest BCUT2D eigenvalue weighted by molar-refractivity contribution is 7.98. The van der Waals surface area contributed by atoms with Crippen molar-refractivity contribution < 1.29 is 9.59 Å². The Labute approximate surface area is 123 Å². The average molecular weight is 295 g/mol. The third-order valence-electron chi connectivity index (χ3n) is 2.75. The van der Waals surface area contributed by atoms with Crippen LogP contribution in [0.4, 0.5) is 5.69 Å². The van der Waals surface area contributed by atoms with Crippen molar-refractivity contribution in [2.24, 2.45) is 5.73 Å². The number of hydrogen-bond donors (Lipinski definition) is 2. The molecule has 1 aromatic carbocycles. The van der Waals surface area contributed by atoms with Gasteiger partial charge in [-0.2, -0.15) is 11.8 Å². The van der Waals surface area contributed by atoms with Crippen molar-refractivity contribution in [3.05, 3.63) is 29.8 Å². The number of carbonyl (C=O) groups is 2. The fourth-order valence-electron chi connectivity index (χ4n) is 1.60. The molecule has 1 atom stereocenters. The lowest BCUT2D eigenvalue weighted by Gasteiger charge is -2.14. The second-order valence-electron chi connectivity index (χ2n) is 4.66. The van der Waals surface area contributed by atoms with E-state index in [-0.39, 0.29) is 11.8 Å². The topological polar surface area (TPSA) is 75.4 Å². The largest absolute Gasteiger partial charge is 0.345 e. The van der Waals surface area contributed by atoms with Crippen LogP contribution in [0.15, 0.2) is 24.3 Å². The predicted octanol–water partition coefficient (Wildman–Crippen LogP) is 1.41. The van der Waals surface area contributed by atoms with Crippen molar-refractivity contribution in [3.8, 4) is 0 Å². The van der Waals surface area contributed by atoms with Gasteiger partial charge in [0, 0.05) is 25.3 Å². The summed E-state index contributed by atoms with van der Waals surface area (Å²) in [7, 11) is 3.37. The monoisotopic (exact) mass is 295 g/mol. The summed E-state index contributed by atoms with van der Waals surface area (Å²) >= 11 is 1.65. The second-order valence-corrected chi connectivity index (χ2v) is 5.64. The molecule has 110 valence electrons. The molecule has 1 rings (SSSR count). The second kappa shape index (κ2) is 7.91. The van der Waals surface area contributed by atoms with Crippen LogP contribution in [0.1, 0.15) is 16.8 Å². The van der Waals surface area contributed by atoms with E-state index in [1.807, 2.05) is 6.26 Å². The average Bonchev–Trinajstić information content (AvgIpc) is 2.43. The number of nitrogens with two attached hydrogens (primary N) is 1. The summed E-state index contributed by atoms with van der Waals surface area (Å²) in [5, 5.41) is 2.74. The molecule has 0 aliphatic rings. The fraction of sp³-hybridized carbons (Fsp3) is 0.429. The third-order valence-corrected chi connectivity index (χ3v) is 3.40.